The van der Waals surface area contributed by atoms with Gasteiger partial charge in [-0.25, -0.2) is 15.0 Å². The van der Waals surface area contributed by atoms with Crippen molar-refractivity contribution < 1.29 is 18.1 Å². The summed E-state index contributed by atoms with van der Waals surface area (Å²) in [5.41, 5.74) is -1.31. The minimum atomic E-state index is -4.53. The Bertz CT molecular complexity index is 977. The van der Waals surface area contributed by atoms with Gasteiger partial charge in [0.05, 0.1) is 16.8 Å². The first-order valence-electron chi connectivity index (χ1n) is 8.48. The number of nitrogens with zero attached hydrogens (tertiary/aromatic N) is 5. The van der Waals surface area contributed by atoms with Crippen LogP contribution in [-0.2, 0) is 12.7 Å². The number of aryl methyl sites for hydroxylation is 1. The normalized spacial score (nSPS) is 11.3. The van der Waals surface area contributed by atoms with Crippen LogP contribution in [-0.4, -0.2) is 31.0 Å². The Morgan fingerprint density at radius 2 is 2.00 bits per heavy atom. The molecule has 12 heteroatoms. The van der Waals surface area contributed by atoms with Crippen LogP contribution in [0.5, 0.6) is 0 Å². The predicted octanol–water partition coefficient (Wildman–Crippen LogP) is 3.85. The van der Waals surface area contributed by atoms with Gasteiger partial charge in [0, 0.05) is 31.2 Å². The third kappa shape index (κ3) is 5.18. The smallest absolute Gasteiger partial charge is 0.364 e. The molecule has 2 N–H and O–H groups in total. The van der Waals surface area contributed by atoms with E-state index in [1.54, 1.807) is 18.7 Å². The van der Waals surface area contributed by atoms with Gasteiger partial charge in [-0.15, -0.1) is 0 Å². The third-order valence-electron chi connectivity index (χ3n) is 3.90. The summed E-state index contributed by atoms with van der Waals surface area (Å²) in [6, 6.07) is 4.32. The summed E-state index contributed by atoms with van der Waals surface area (Å²) in [6.07, 6.45) is 2.31. The number of rotatable bonds is 8. The van der Waals surface area contributed by atoms with Gasteiger partial charge < -0.3 is 15.2 Å². The average molecular weight is 407 g/mol. The first-order valence-corrected chi connectivity index (χ1v) is 8.48. The topological polar surface area (TPSA) is 111 Å². The van der Waals surface area contributed by atoms with E-state index in [9.17, 15) is 23.3 Å². The van der Waals surface area contributed by atoms with Crippen molar-refractivity contribution in [1.82, 2.24) is 19.5 Å². The van der Waals surface area contributed by atoms with Gasteiger partial charge in [-0.3, -0.25) is 10.1 Å². The Morgan fingerprint density at radius 3 is 2.69 bits per heavy atom. The number of aromatic nitrogens is 4. The molecule has 0 saturated carbocycles. The molecule has 2 aromatic heterocycles. The van der Waals surface area contributed by atoms with Crippen LogP contribution in [0.1, 0.15) is 12.0 Å². The zero-order valence-electron chi connectivity index (χ0n) is 14.9. The molecule has 0 bridgehead atoms. The van der Waals surface area contributed by atoms with E-state index in [0.29, 0.717) is 19.5 Å². The fourth-order valence-electron chi connectivity index (χ4n) is 2.57. The lowest BCUT2D eigenvalue weighted by atomic mass is 10.2. The fraction of sp³-hybridized carbons (Fsp3) is 0.235. The maximum absolute atomic E-state index is 12.9. The molecule has 0 amide bonds. The molecule has 1 aromatic carbocycles. The first-order chi connectivity index (χ1) is 13.8. The van der Waals surface area contributed by atoms with Gasteiger partial charge in [0.2, 0.25) is 11.6 Å². The van der Waals surface area contributed by atoms with Crippen molar-refractivity contribution in [2.75, 3.05) is 17.2 Å². The summed E-state index contributed by atoms with van der Waals surface area (Å²) in [5.74, 6) is -0.230. The molecular formula is C17H16F3N7O2. The van der Waals surface area contributed by atoms with Crippen molar-refractivity contribution in [2.45, 2.75) is 19.1 Å². The highest BCUT2D eigenvalue weighted by Crippen LogP contribution is 2.34. The number of alkyl halides is 3. The highest BCUT2D eigenvalue weighted by Gasteiger charge is 2.31. The van der Waals surface area contributed by atoms with Crippen LogP contribution in [0.15, 0.2) is 49.3 Å². The maximum Gasteiger partial charge on any atom is 0.416 e. The van der Waals surface area contributed by atoms with E-state index < -0.39 is 22.4 Å². The lowest BCUT2D eigenvalue weighted by Gasteiger charge is -2.12. The number of hydrogen-bond acceptors (Lipinski definition) is 7. The lowest BCUT2D eigenvalue weighted by Crippen LogP contribution is -2.11. The van der Waals surface area contributed by atoms with Gasteiger partial charge in [-0.2, -0.15) is 13.2 Å². The van der Waals surface area contributed by atoms with Crippen LogP contribution in [0.4, 0.5) is 36.2 Å². The van der Waals surface area contributed by atoms with Gasteiger partial charge in [0.1, 0.15) is 6.33 Å². The number of benzene rings is 1. The number of halogens is 3. The summed E-state index contributed by atoms with van der Waals surface area (Å²) < 4.78 is 40.5. The Morgan fingerprint density at radius 1 is 1.21 bits per heavy atom. The molecule has 0 saturated heterocycles. The molecule has 0 atom stereocenters. The van der Waals surface area contributed by atoms with Crippen LogP contribution in [0.3, 0.4) is 0 Å². The van der Waals surface area contributed by atoms with Gasteiger partial charge in [-0.05, 0) is 24.6 Å². The van der Waals surface area contributed by atoms with Crippen LogP contribution in [0.25, 0.3) is 0 Å². The quantitative estimate of drug-likeness (QED) is 0.331. The molecule has 0 radical (unpaired) electrons. The summed E-state index contributed by atoms with van der Waals surface area (Å²) in [6.45, 7) is 1.04. The van der Waals surface area contributed by atoms with Crippen molar-refractivity contribution in [1.29, 1.82) is 0 Å². The van der Waals surface area contributed by atoms with E-state index in [0.717, 1.165) is 18.5 Å². The van der Waals surface area contributed by atoms with Crippen molar-refractivity contribution in [3.63, 3.8) is 0 Å². The average Bonchev–Trinajstić information content (AvgIpc) is 3.18. The molecule has 29 heavy (non-hydrogen) atoms. The molecule has 152 valence electrons. The second-order valence-corrected chi connectivity index (χ2v) is 5.96. The Labute approximate surface area is 162 Å². The molecule has 0 fully saturated rings. The minimum Gasteiger partial charge on any atom is -0.364 e. The fourth-order valence-corrected chi connectivity index (χ4v) is 2.57. The molecular weight excluding hydrogens is 391 g/mol. The van der Waals surface area contributed by atoms with Gasteiger partial charge in [0.15, 0.2) is 0 Å². The number of hydrogen-bond donors (Lipinski definition) is 2. The zero-order chi connectivity index (χ0) is 20.9. The third-order valence-corrected chi connectivity index (χ3v) is 3.90. The zero-order valence-corrected chi connectivity index (χ0v) is 14.9. The van der Waals surface area contributed by atoms with E-state index in [1.807, 2.05) is 4.57 Å². The highest BCUT2D eigenvalue weighted by atomic mass is 19.4. The molecule has 0 spiro atoms. The standard InChI is InChI=1S/C17H16F3N7O2/c18-17(19,20)12-3-1-4-13(9-12)25-16-14(27(28)29)15(23-10-24-16)22-5-2-7-26-8-6-21-11-26/h1,3-4,6,8-11H,2,5,7H2,(H2,22,23,24,25). The molecule has 0 aliphatic rings. The molecule has 0 aliphatic carbocycles. The van der Waals surface area contributed by atoms with Gasteiger partial charge in [-0.1, -0.05) is 6.07 Å². The summed E-state index contributed by atoms with van der Waals surface area (Å²) in [5, 5.41) is 17.0. The van der Waals surface area contributed by atoms with Crippen molar-refractivity contribution in [3.05, 3.63) is 65.0 Å². The van der Waals surface area contributed by atoms with E-state index in [1.165, 1.54) is 12.1 Å². The number of anilines is 3. The second kappa shape index (κ2) is 8.54. The number of nitrogens with one attached hydrogen (secondary N) is 2. The molecule has 3 aromatic rings. The van der Waals surface area contributed by atoms with E-state index in [-0.39, 0.29) is 17.3 Å². The van der Waals surface area contributed by atoms with Crippen molar-refractivity contribution in [2.24, 2.45) is 0 Å². The molecule has 2 heterocycles. The van der Waals surface area contributed by atoms with E-state index >= 15 is 0 Å². The largest absolute Gasteiger partial charge is 0.416 e. The lowest BCUT2D eigenvalue weighted by molar-refractivity contribution is -0.383. The van der Waals surface area contributed by atoms with Gasteiger partial charge in [0.25, 0.3) is 0 Å². The van der Waals surface area contributed by atoms with E-state index in [2.05, 4.69) is 25.6 Å². The van der Waals surface area contributed by atoms with Crippen LogP contribution < -0.4 is 10.6 Å². The maximum atomic E-state index is 12.9. The van der Waals surface area contributed by atoms with Crippen molar-refractivity contribution in [3.8, 4) is 0 Å². The van der Waals surface area contributed by atoms with Crippen LogP contribution >= 0.6 is 0 Å². The minimum absolute atomic E-state index is 0.0210. The Kier molecular flexibility index (Phi) is 5.90. The Hall–Kier alpha value is -3.70. The SMILES string of the molecule is O=[N+]([O-])c1c(NCCCn2ccnc2)ncnc1Nc1cccc(C(F)(F)F)c1. The summed E-state index contributed by atoms with van der Waals surface area (Å²) in [4.78, 5) is 22.5. The molecule has 3 rings (SSSR count). The summed E-state index contributed by atoms with van der Waals surface area (Å²) >= 11 is 0. The predicted molar refractivity (Wildman–Crippen MR) is 98.7 cm³/mol. The molecule has 9 nitrogen and oxygen atoms in total. The van der Waals surface area contributed by atoms with Crippen LogP contribution in [0, 0.1) is 10.1 Å². The second-order valence-electron chi connectivity index (χ2n) is 5.96. The number of imidazole rings is 1. The van der Waals surface area contributed by atoms with E-state index in [4.69, 9.17) is 0 Å². The monoisotopic (exact) mass is 407 g/mol. The molecule has 0 unspecified atom stereocenters. The summed E-state index contributed by atoms with van der Waals surface area (Å²) in [7, 11) is 0. The molecule has 0 aliphatic heterocycles. The highest BCUT2D eigenvalue weighted by molar-refractivity contribution is 5.73. The Balaban J connectivity index is 1.75. The van der Waals surface area contributed by atoms with Crippen LogP contribution in [0.2, 0.25) is 0 Å². The first kappa shape index (κ1) is 20.0. The van der Waals surface area contributed by atoms with Gasteiger partial charge >= 0.3 is 11.9 Å². The number of nitro groups is 1. The van der Waals surface area contributed by atoms with Crippen molar-refractivity contribution >= 4 is 23.0 Å².